The highest BCUT2D eigenvalue weighted by Gasteiger charge is 2.22. The number of hydrogen-bond acceptors (Lipinski definition) is 4. The molecule has 1 atom stereocenters. The Labute approximate surface area is 128 Å². The van der Waals surface area contributed by atoms with E-state index in [4.69, 9.17) is 5.11 Å². The lowest BCUT2D eigenvalue weighted by atomic mass is 9.95. The van der Waals surface area contributed by atoms with Crippen LogP contribution in [0.4, 0.5) is 0 Å². The highest BCUT2D eigenvalue weighted by atomic mass is 32.2. The van der Waals surface area contributed by atoms with Crippen molar-refractivity contribution in [3.05, 3.63) is 18.5 Å². The van der Waals surface area contributed by atoms with Crippen LogP contribution < -0.4 is 0 Å². The number of rotatable bonds is 7. The second-order valence-electron chi connectivity index (χ2n) is 5.13. The van der Waals surface area contributed by atoms with Crippen LogP contribution in [0.5, 0.6) is 0 Å². The zero-order valence-electron chi connectivity index (χ0n) is 12.6. The largest absolute Gasteiger partial charge is 0.481 e. The molecule has 1 unspecified atom stereocenters. The van der Waals surface area contributed by atoms with Crippen molar-refractivity contribution in [2.45, 2.75) is 44.8 Å². The maximum absolute atomic E-state index is 10.8. The average molecular weight is 307 g/mol. The van der Waals surface area contributed by atoms with Crippen LogP contribution in [0.15, 0.2) is 23.6 Å². The fraction of sp³-hybridized carbons (Fsp3) is 0.533. The standard InChI is InChI=1S/C15H21N3O2S/c1-4-11(5-2)10(3)18-13-6-7-16-8-12(13)17-15(18)21-9-14(19)20/h6-8,10-11H,4-5,9H2,1-3H3,(H,19,20). The van der Waals surface area contributed by atoms with Crippen LogP contribution in [0, 0.1) is 5.92 Å². The molecule has 114 valence electrons. The molecule has 0 saturated carbocycles. The molecule has 2 aromatic rings. The quantitative estimate of drug-likeness (QED) is 0.791. The number of thioether (sulfide) groups is 1. The highest BCUT2D eigenvalue weighted by Crippen LogP contribution is 2.33. The van der Waals surface area contributed by atoms with Crippen molar-refractivity contribution in [2.24, 2.45) is 5.92 Å². The fourth-order valence-electron chi connectivity index (χ4n) is 2.73. The molecule has 0 aliphatic heterocycles. The summed E-state index contributed by atoms with van der Waals surface area (Å²) in [5.74, 6) is -0.265. The summed E-state index contributed by atoms with van der Waals surface area (Å²) in [4.78, 5) is 19.5. The molecule has 0 fully saturated rings. The first-order valence-corrected chi connectivity index (χ1v) is 8.23. The minimum Gasteiger partial charge on any atom is -0.481 e. The van der Waals surface area contributed by atoms with Crippen molar-refractivity contribution in [1.29, 1.82) is 0 Å². The van der Waals surface area contributed by atoms with Gasteiger partial charge in [0.2, 0.25) is 0 Å². The Balaban J connectivity index is 2.46. The lowest BCUT2D eigenvalue weighted by Gasteiger charge is -2.25. The van der Waals surface area contributed by atoms with E-state index in [1.54, 1.807) is 12.4 Å². The van der Waals surface area contributed by atoms with Crippen molar-refractivity contribution in [1.82, 2.24) is 14.5 Å². The molecule has 0 aromatic carbocycles. The van der Waals surface area contributed by atoms with Gasteiger partial charge in [-0.25, -0.2) is 4.98 Å². The lowest BCUT2D eigenvalue weighted by molar-refractivity contribution is -0.133. The molecule has 2 aromatic heterocycles. The summed E-state index contributed by atoms with van der Waals surface area (Å²) in [5.41, 5.74) is 1.85. The summed E-state index contributed by atoms with van der Waals surface area (Å²) in [7, 11) is 0. The van der Waals surface area contributed by atoms with Crippen LogP contribution in [-0.2, 0) is 4.79 Å². The molecule has 0 aliphatic rings. The van der Waals surface area contributed by atoms with Crippen molar-refractivity contribution in [3.63, 3.8) is 0 Å². The van der Waals surface area contributed by atoms with Gasteiger partial charge in [-0.1, -0.05) is 38.5 Å². The van der Waals surface area contributed by atoms with E-state index in [9.17, 15) is 4.79 Å². The number of hydrogen-bond donors (Lipinski definition) is 1. The molecule has 0 spiro atoms. The Kier molecular flexibility index (Phi) is 5.22. The minimum absolute atomic E-state index is 0.0202. The maximum atomic E-state index is 10.8. The lowest BCUT2D eigenvalue weighted by Crippen LogP contribution is -2.16. The monoisotopic (exact) mass is 307 g/mol. The van der Waals surface area contributed by atoms with E-state index in [0.717, 1.165) is 29.0 Å². The van der Waals surface area contributed by atoms with E-state index in [1.165, 1.54) is 11.8 Å². The minimum atomic E-state index is -0.827. The summed E-state index contributed by atoms with van der Waals surface area (Å²) >= 11 is 1.27. The maximum Gasteiger partial charge on any atom is 0.313 e. The number of imidazole rings is 1. The Hall–Kier alpha value is -1.56. The molecule has 0 bridgehead atoms. The van der Waals surface area contributed by atoms with Gasteiger partial charge in [-0.3, -0.25) is 9.78 Å². The first-order valence-electron chi connectivity index (χ1n) is 7.25. The Morgan fingerprint density at radius 3 is 2.76 bits per heavy atom. The number of carbonyl (C=O) groups is 1. The predicted octanol–water partition coefficient (Wildman–Crippen LogP) is 3.61. The molecular weight excluding hydrogens is 286 g/mol. The number of carboxylic acids is 1. The van der Waals surface area contributed by atoms with Crippen molar-refractivity contribution >= 4 is 28.8 Å². The Bertz CT molecular complexity index is 622. The third-order valence-electron chi connectivity index (χ3n) is 3.92. The third-order valence-corrected chi connectivity index (χ3v) is 4.86. The summed E-state index contributed by atoms with van der Waals surface area (Å²) in [6.07, 6.45) is 5.67. The number of pyridine rings is 1. The Morgan fingerprint density at radius 1 is 1.43 bits per heavy atom. The molecule has 2 heterocycles. The summed E-state index contributed by atoms with van der Waals surface area (Å²) in [6.45, 7) is 6.56. The van der Waals surface area contributed by atoms with Gasteiger partial charge in [-0.05, 0) is 18.9 Å². The van der Waals surface area contributed by atoms with Crippen molar-refractivity contribution in [2.75, 3.05) is 5.75 Å². The zero-order chi connectivity index (χ0) is 15.4. The second-order valence-corrected chi connectivity index (χ2v) is 6.07. The van der Waals surface area contributed by atoms with Crippen LogP contribution in [0.3, 0.4) is 0 Å². The molecule has 5 nitrogen and oxygen atoms in total. The van der Waals surface area contributed by atoms with Gasteiger partial charge in [0.25, 0.3) is 0 Å². The SMILES string of the molecule is CCC(CC)C(C)n1c(SCC(=O)O)nc2cnccc21. The van der Waals surface area contributed by atoms with Crippen LogP contribution >= 0.6 is 11.8 Å². The molecule has 0 amide bonds. The van der Waals surface area contributed by atoms with E-state index in [1.807, 2.05) is 6.07 Å². The number of nitrogens with zero attached hydrogens (tertiary/aromatic N) is 3. The second kappa shape index (κ2) is 6.93. The van der Waals surface area contributed by atoms with Gasteiger partial charge in [0.05, 0.1) is 17.5 Å². The average Bonchev–Trinajstić information content (AvgIpc) is 2.84. The van der Waals surface area contributed by atoms with Gasteiger partial charge >= 0.3 is 5.97 Å². The van der Waals surface area contributed by atoms with E-state index in [-0.39, 0.29) is 11.8 Å². The van der Waals surface area contributed by atoms with Gasteiger partial charge in [0, 0.05) is 12.2 Å². The van der Waals surface area contributed by atoms with E-state index in [0.29, 0.717) is 5.92 Å². The molecule has 1 N–H and O–H groups in total. The first-order chi connectivity index (χ1) is 10.1. The van der Waals surface area contributed by atoms with Crippen molar-refractivity contribution in [3.8, 4) is 0 Å². The van der Waals surface area contributed by atoms with Gasteiger partial charge in [0.15, 0.2) is 5.16 Å². The first kappa shape index (κ1) is 15.8. The Morgan fingerprint density at radius 2 is 2.14 bits per heavy atom. The van der Waals surface area contributed by atoms with Crippen LogP contribution in [0.1, 0.15) is 39.7 Å². The van der Waals surface area contributed by atoms with Crippen LogP contribution in [0.25, 0.3) is 11.0 Å². The number of aromatic nitrogens is 3. The molecular formula is C15H21N3O2S. The molecule has 6 heteroatoms. The van der Waals surface area contributed by atoms with Gasteiger partial charge in [-0.15, -0.1) is 0 Å². The smallest absolute Gasteiger partial charge is 0.313 e. The normalized spacial score (nSPS) is 13.0. The topological polar surface area (TPSA) is 68.0 Å². The zero-order valence-corrected chi connectivity index (χ0v) is 13.4. The van der Waals surface area contributed by atoms with Crippen molar-refractivity contribution < 1.29 is 9.90 Å². The molecule has 2 rings (SSSR count). The van der Waals surface area contributed by atoms with Gasteiger partial charge < -0.3 is 9.67 Å². The number of fused-ring (bicyclic) bond motifs is 1. The van der Waals surface area contributed by atoms with Gasteiger partial charge in [-0.2, -0.15) is 0 Å². The predicted molar refractivity (Wildman–Crippen MR) is 84.7 cm³/mol. The van der Waals surface area contributed by atoms with E-state index in [2.05, 4.69) is 35.3 Å². The third kappa shape index (κ3) is 3.37. The number of aliphatic carboxylic acids is 1. The van der Waals surface area contributed by atoms with E-state index >= 15 is 0 Å². The highest BCUT2D eigenvalue weighted by molar-refractivity contribution is 7.99. The molecule has 0 aliphatic carbocycles. The fourth-order valence-corrected chi connectivity index (χ4v) is 3.55. The van der Waals surface area contributed by atoms with Crippen LogP contribution in [-0.4, -0.2) is 31.4 Å². The number of carboxylic acid groups (broad SMARTS) is 1. The summed E-state index contributed by atoms with van der Waals surface area (Å²) in [5, 5.41) is 9.67. The molecule has 0 radical (unpaired) electrons. The molecule has 21 heavy (non-hydrogen) atoms. The summed E-state index contributed by atoms with van der Waals surface area (Å²) in [6, 6.07) is 2.23. The van der Waals surface area contributed by atoms with Crippen LogP contribution in [0.2, 0.25) is 0 Å². The molecule has 0 saturated heterocycles. The summed E-state index contributed by atoms with van der Waals surface area (Å²) < 4.78 is 2.17. The van der Waals surface area contributed by atoms with E-state index < -0.39 is 5.97 Å². The van der Waals surface area contributed by atoms with Gasteiger partial charge in [0.1, 0.15) is 5.52 Å².